The number of nitrogens with zero attached hydrogens (tertiary/aromatic N) is 2. The summed E-state index contributed by atoms with van der Waals surface area (Å²) in [6.45, 7) is 0.174. The lowest BCUT2D eigenvalue weighted by atomic mass is 10.2. The zero-order valence-corrected chi connectivity index (χ0v) is 22.1. The van der Waals surface area contributed by atoms with Crippen LogP contribution in [-0.2, 0) is 9.57 Å². The molecule has 15 heteroatoms. The fraction of sp³-hybridized carbons (Fsp3) is 0.273. The maximum Gasteiger partial charge on any atom is 0.343 e. The number of methoxy groups -OCH3 is 1. The highest BCUT2D eigenvalue weighted by molar-refractivity contribution is 7.80. The molecule has 0 fully saturated rings. The first-order chi connectivity index (χ1) is 17.7. The maximum atomic E-state index is 12.3. The Labute approximate surface area is 226 Å². The first-order valence-electron chi connectivity index (χ1n) is 10.6. The second-order valence-corrected chi connectivity index (χ2v) is 9.22. The molecule has 198 valence electrons. The topological polar surface area (TPSA) is 169 Å². The zero-order chi connectivity index (χ0) is 27.2. The Morgan fingerprint density at radius 2 is 1.84 bits per heavy atom. The van der Waals surface area contributed by atoms with Gasteiger partial charge in [0.15, 0.2) is 15.5 Å². The molecule has 0 aliphatic heterocycles. The van der Waals surface area contributed by atoms with Gasteiger partial charge in [-0.15, -0.1) is 27.8 Å². The van der Waals surface area contributed by atoms with Crippen molar-refractivity contribution in [3.8, 4) is 11.5 Å². The maximum absolute atomic E-state index is 12.3. The van der Waals surface area contributed by atoms with Crippen LogP contribution >= 0.6 is 36.2 Å². The molecule has 12 nitrogen and oxygen atoms in total. The number of aromatic nitrogens is 2. The number of benzene rings is 2. The third kappa shape index (κ3) is 10.8. The van der Waals surface area contributed by atoms with Crippen LogP contribution in [-0.4, -0.2) is 47.5 Å². The SMILES string of the molecule is COc1cc(C(=O)OCCCCCO[N+](=O)[O-])ccc1OC(=O)c1cccc(S)c1.Nc1n[nH]c(=S)s1. The molecule has 0 radical (unpaired) electrons. The average molecular weight is 569 g/mol. The first kappa shape index (κ1) is 29.5. The van der Waals surface area contributed by atoms with Crippen molar-refractivity contribution in [3.63, 3.8) is 0 Å². The molecule has 0 atom stereocenters. The molecule has 0 bridgehead atoms. The van der Waals surface area contributed by atoms with Crippen LogP contribution in [0.2, 0.25) is 0 Å². The van der Waals surface area contributed by atoms with Gasteiger partial charge in [-0.2, -0.15) is 0 Å². The summed E-state index contributed by atoms with van der Waals surface area (Å²) in [5.74, 6) is -0.776. The number of nitrogens with one attached hydrogen (secondary N) is 1. The second kappa shape index (κ2) is 15.4. The van der Waals surface area contributed by atoms with E-state index in [9.17, 15) is 19.7 Å². The zero-order valence-electron chi connectivity index (χ0n) is 19.6. The summed E-state index contributed by atoms with van der Waals surface area (Å²) in [5, 5.41) is 15.8. The van der Waals surface area contributed by atoms with Crippen LogP contribution in [0.25, 0.3) is 0 Å². The Morgan fingerprint density at radius 1 is 1.11 bits per heavy atom. The van der Waals surface area contributed by atoms with Crippen LogP contribution in [0.1, 0.15) is 40.0 Å². The lowest BCUT2D eigenvalue weighted by molar-refractivity contribution is -0.757. The van der Waals surface area contributed by atoms with Crippen molar-refractivity contribution >= 4 is 53.3 Å². The quantitative estimate of drug-likeness (QED) is 0.0565. The van der Waals surface area contributed by atoms with E-state index in [1.54, 1.807) is 24.3 Å². The van der Waals surface area contributed by atoms with Crippen LogP contribution in [0.15, 0.2) is 47.4 Å². The van der Waals surface area contributed by atoms with Gasteiger partial charge >= 0.3 is 11.9 Å². The second-order valence-electron chi connectivity index (χ2n) is 7.01. The third-order valence-corrected chi connectivity index (χ3v) is 5.55. The molecule has 0 saturated carbocycles. The summed E-state index contributed by atoms with van der Waals surface area (Å²) >= 11 is 10.1. The van der Waals surface area contributed by atoms with E-state index in [0.29, 0.717) is 38.8 Å². The molecule has 0 unspecified atom stereocenters. The van der Waals surface area contributed by atoms with E-state index in [1.807, 2.05) is 0 Å². The molecular weight excluding hydrogens is 544 g/mol. The predicted molar refractivity (Wildman–Crippen MR) is 140 cm³/mol. The molecule has 3 aromatic rings. The van der Waals surface area contributed by atoms with Gasteiger partial charge in [-0.1, -0.05) is 17.4 Å². The predicted octanol–water partition coefficient (Wildman–Crippen LogP) is 4.52. The van der Waals surface area contributed by atoms with Gasteiger partial charge in [0.05, 0.1) is 31.5 Å². The average Bonchev–Trinajstić information content (AvgIpc) is 3.25. The number of esters is 2. The minimum Gasteiger partial charge on any atom is -0.493 e. The summed E-state index contributed by atoms with van der Waals surface area (Å²) in [7, 11) is 1.39. The summed E-state index contributed by atoms with van der Waals surface area (Å²) in [6, 6.07) is 10.9. The van der Waals surface area contributed by atoms with Crippen LogP contribution in [0.3, 0.4) is 0 Å². The summed E-state index contributed by atoms with van der Waals surface area (Å²) in [6.07, 6.45) is 1.65. The number of unbranched alkanes of at least 4 members (excludes halogenated alkanes) is 2. The van der Waals surface area contributed by atoms with Gasteiger partial charge in [0.2, 0.25) is 5.13 Å². The van der Waals surface area contributed by atoms with Crippen molar-refractivity contribution in [3.05, 3.63) is 67.7 Å². The molecule has 3 rings (SSSR count). The molecule has 3 N–H and O–H groups in total. The smallest absolute Gasteiger partial charge is 0.343 e. The van der Waals surface area contributed by atoms with E-state index >= 15 is 0 Å². The van der Waals surface area contributed by atoms with Gasteiger partial charge in [0, 0.05) is 4.90 Å². The van der Waals surface area contributed by atoms with Crippen LogP contribution < -0.4 is 15.2 Å². The van der Waals surface area contributed by atoms with Gasteiger partial charge in [-0.05, 0) is 67.9 Å². The molecule has 2 aromatic carbocycles. The minimum absolute atomic E-state index is 0.0105. The van der Waals surface area contributed by atoms with E-state index in [-0.39, 0.29) is 30.3 Å². The molecule has 0 saturated heterocycles. The monoisotopic (exact) mass is 568 g/mol. The van der Waals surface area contributed by atoms with Crippen molar-refractivity contribution in [2.75, 3.05) is 26.1 Å². The number of aromatic amines is 1. The van der Waals surface area contributed by atoms with Crippen molar-refractivity contribution in [2.45, 2.75) is 24.2 Å². The molecule has 1 aromatic heterocycles. The fourth-order valence-corrected chi connectivity index (χ4v) is 3.58. The van der Waals surface area contributed by atoms with Gasteiger partial charge in [0.1, 0.15) is 0 Å². The largest absolute Gasteiger partial charge is 0.493 e. The van der Waals surface area contributed by atoms with E-state index in [0.717, 1.165) is 0 Å². The Bertz CT molecular complexity index is 1260. The third-order valence-electron chi connectivity index (χ3n) is 4.36. The van der Waals surface area contributed by atoms with E-state index in [2.05, 4.69) is 39.9 Å². The molecule has 1 heterocycles. The molecule has 0 amide bonds. The van der Waals surface area contributed by atoms with Gasteiger partial charge < -0.3 is 24.8 Å². The van der Waals surface area contributed by atoms with Gasteiger partial charge in [-0.3, -0.25) is 5.10 Å². The number of nitrogen functional groups attached to an aromatic ring is 1. The standard InChI is InChI=1S/C20H21NO8S.C2H3N3S2/c1-26-18-13-15(19(22)27-10-3-2-4-11-28-21(24)25)8-9-17(18)29-20(23)14-6-5-7-16(30)12-14;3-1-4-5-2(6)7-1/h5-9,12-13,30H,2-4,10-11H2,1H3;(H2,3,4)(H,5,6). The lowest BCUT2D eigenvalue weighted by Crippen LogP contribution is -2.11. The number of nitrogens with two attached hydrogens (primary N) is 1. The highest BCUT2D eigenvalue weighted by atomic mass is 32.1. The number of hydrogen-bond donors (Lipinski definition) is 3. The number of anilines is 1. The molecule has 0 spiro atoms. The number of ether oxygens (including phenoxy) is 3. The summed E-state index contributed by atoms with van der Waals surface area (Å²) < 4.78 is 16.4. The number of carbonyl (C=O) groups is 2. The fourth-order valence-electron chi connectivity index (χ4n) is 2.68. The van der Waals surface area contributed by atoms with Crippen LogP contribution in [0, 0.1) is 14.1 Å². The van der Waals surface area contributed by atoms with Crippen molar-refractivity contribution in [1.29, 1.82) is 0 Å². The first-order valence-corrected chi connectivity index (χ1v) is 12.3. The van der Waals surface area contributed by atoms with E-state index in [4.69, 9.17) is 19.9 Å². The number of rotatable bonds is 11. The summed E-state index contributed by atoms with van der Waals surface area (Å²) in [5.41, 5.74) is 5.76. The molecule has 0 aliphatic carbocycles. The van der Waals surface area contributed by atoms with Crippen molar-refractivity contribution in [2.24, 2.45) is 0 Å². The number of H-pyrrole nitrogens is 1. The Balaban J connectivity index is 0.000000591. The Morgan fingerprint density at radius 3 is 2.43 bits per heavy atom. The van der Waals surface area contributed by atoms with Crippen LogP contribution in [0.4, 0.5) is 5.13 Å². The van der Waals surface area contributed by atoms with E-state index in [1.165, 1.54) is 36.6 Å². The molecular formula is C22H24N4O8S3. The van der Waals surface area contributed by atoms with Gasteiger partial charge in [0.25, 0.3) is 5.09 Å². The molecule has 0 aliphatic rings. The minimum atomic E-state index is -0.841. The summed E-state index contributed by atoms with van der Waals surface area (Å²) in [4.78, 5) is 39.3. The number of hydrogen-bond acceptors (Lipinski definition) is 13. The normalized spacial score (nSPS) is 10.0. The highest BCUT2D eigenvalue weighted by Crippen LogP contribution is 2.29. The number of thiol groups is 1. The van der Waals surface area contributed by atoms with Gasteiger partial charge in [-0.25, -0.2) is 9.59 Å². The Hall–Kier alpha value is -3.69. The Kier molecular flexibility index (Phi) is 12.3. The van der Waals surface area contributed by atoms with Crippen molar-refractivity contribution in [1.82, 2.24) is 10.2 Å². The number of carbonyl (C=O) groups excluding carboxylic acids is 2. The molecule has 37 heavy (non-hydrogen) atoms. The highest BCUT2D eigenvalue weighted by Gasteiger charge is 2.16. The lowest BCUT2D eigenvalue weighted by Gasteiger charge is -2.11. The van der Waals surface area contributed by atoms with Crippen molar-refractivity contribution < 1.29 is 33.7 Å². The van der Waals surface area contributed by atoms with Crippen LogP contribution in [0.5, 0.6) is 11.5 Å². The van der Waals surface area contributed by atoms with E-state index < -0.39 is 17.0 Å².